The fourth-order valence-corrected chi connectivity index (χ4v) is 4.15. The fraction of sp³-hybridized carbons (Fsp3) is 0.560. The summed E-state index contributed by atoms with van der Waals surface area (Å²) in [6.45, 7) is 12.8. The average Bonchev–Trinajstić information content (AvgIpc) is 2.83. The molecule has 0 radical (unpaired) electrons. The molecule has 1 aromatic heterocycles. The molecule has 0 aliphatic carbocycles. The van der Waals surface area contributed by atoms with Crippen LogP contribution < -0.4 is 15.1 Å². The molecule has 0 saturated carbocycles. The molecular weight excluding hydrogens is 416 g/mol. The monoisotopic (exact) mass is 452 g/mol. The van der Waals surface area contributed by atoms with Crippen molar-refractivity contribution in [1.82, 2.24) is 14.9 Å². The van der Waals surface area contributed by atoms with Gasteiger partial charge >= 0.3 is 6.03 Å². The molecule has 2 aliphatic rings. The standard InChI is InChI=1S/C25H36N6O2/c1-17(2)19-6-8-20(9-7-19)26-25(32)31-11-10-22-21(16-31)23(29(5)18(3)4)28-24(27-22)30-12-14-33-15-13-30/h6-9,17-18H,10-16H2,1-5H3,(H,26,32). The summed E-state index contributed by atoms with van der Waals surface area (Å²) < 4.78 is 5.50. The highest BCUT2D eigenvalue weighted by Gasteiger charge is 2.29. The zero-order valence-corrected chi connectivity index (χ0v) is 20.5. The van der Waals surface area contributed by atoms with Crippen molar-refractivity contribution >= 4 is 23.5 Å². The molecule has 1 saturated heterocycles. The number of urea groups is 1. The van der Waals surface area contributed by atoms with Crippen LogP contribution in [0.3, 0.4) is 0 Å². The number of carbonyl (C=O) groups is 1. The SMILES string of the molecule is CC(C)c1ccc(NC(=O)N2CCc3nc(N4CCOCC4)nc(N(C)C(C)C)c3C2)cc1. The van der Waals surface area contributed by atoms with Gasteiger partial charge in [-0.2, -0.15) is 4.98 Å². The van der Waals surface area contributed by atoms with E-state index in [9.17, 15) is 4.79 Å². The molecule has 0 bridgehead atoms. The van der Waals surface area contributed by atoms with E-state index in [0.717, 1.165) is 41.8 Å². The van der Waals surface area contributed by atoms with E-state index in [4.69, 9.17) is 14.7 Å². The largest absolute Gasteiger partial charge is 0.378 e. The van der Waals surface area contributed by atoms with E-state index in [2.05, 4.69) is 62.0 Å². The van der Waals surface area contributed by atoms with Crippen LogP contribution in [0.1, 0.15) is 50.4 Å². The van der Waals surface area contributed by atoms with E-state index in [-0.39, 0.29) is 12.1 Å². The van der Waals surface area contributed by atoms with Gasteiger partial charge in [0.05, 0.1) is 25.5 Å². The maximum absolute atomic E-state index is 13.1. The predicted molar refractivity (Wildman–Crippen MR) is 132 cm³/mol. The Balaban J connectivity index is 1.55. The maximum atomic E-state index is 13.1. The molecule has 0 unspecified atom stereocenters. The van der Waals surface area contributed by atoms with Crippen molar-refractivity contribution in [1.29, 1.82) is 0 Å². The van der Waals surface area contributed by atoms with Crippen LogP contribution in [0, 0.1) is 0 Å². The minimum absolute atomic E-state index is 0.0895. The highest BCUT2D eigenvalue weighted by atomic mass is 16.5. The average molecular weight is 453 g/mol. The van der Waals surface area contributed by atoms with Crippen LogP contribution in [-0.2, 0) is 17.7 Å². The molecule has 0 spiro atoms. The number of aromatic nitrogens is 2. The number of hydrogen-bond donors (Lipinski definition) is 1. The molecule has 1 fully saturated rings. The number of morpholine rings is 1. The first-order valence-electron chi connectivity index (χ1n) is 11.9. The number of nitrogens with zero attached hydrogens (tertiary/aromatic N) is 5. The topological polar surface area (TPSA) is 73.8 Å². The highest BCUT2D eigenvalue weighted by molar-refractivity contribution is 5.89. The first kappa shape index (κ1) is 23.3. The summed E-state index contributed by atoms with van der Waals surface area (Å²) in [7, 11) is 2.06. The van der Waals surface area contributed by atoms with E-state index >= 15 is 0 Å². The number of anilines is 3. The Labute approximate surface area is 196 Å². The number of nitrogens with one attached hydrogen (secondary N) is 1. The van der Waals surface area contributed by atoms with Crippen LogP contribution in [0.2, 0.25) is 0 Å². The fourth-order valence-electron chi connectivity index (χ4n) is 4.15. The zero-order chi connectivity index (χ0) is 23.5. The van der Waals surface area contributed by atoms with Crippen molar-refractivity contribution in [3.05, 3.63) is 41.1 Å². The molecule has 0 atom stereocenters. The van der Waals surface area contributed by atoms with Gasteiger partial charge in [0.2, 0.25) is 5.95 Å². The Morgan fingerprint density at radius 2 is 1.76 bits per heavy atom. The van der Waals surface area contributed by atoms with Crippen molar-refractivity contribution in [3.8, 4) is 0 Å². The normalized spacial score (nSPS) is 16.2. The van der Waals surface area contributed by atoms with Gasteiger partial charge in [-0.25, -0.2) is 9.78 Å². The Hall–Kier alpha value is -2.87. The lowest BCUT2D eigenvalue weighted by Crippen LogP contribution is -2.42. The lowest BCUT2D eigenvalue weighted by Gasteiger charge is -2.35. The summed E-state index contributed by atoms with van der Waals surface area (Å²) in [4.78, 5) is 29.2. The van der Waals surface area contributed by atoms with Gasteiger partial charge in [0.1, 0.15) is 5.82 Å². The van der Waals surface area contributed by atoms with Crippen LogP contribution in [0.5, 0.6) is 0 Å². The Morgan fingerprint density at radius 1 is 1.06 bits per heavy atom. The van der Waals surface area contributed by atoms with Gasteiger partial charge in [-0.15, -0.1) is 0 Å². The number of rotatable bonds is 5. The van der Waals surface area contributed by atoms with Crippen LogP contribution >= 0.6 is 0 Å². The van der Waals surface area contributed by atoms with E-state index in [0.29, 0.717) is 38.6 Å². The van der Waals surface area contributed by atoms with Crippen LogP contribution in [0.25, 0.3) is 0 Å². The van der Waals surface area contributed by atoms with E-state index in [1.165, 1.54) is 5.56 Å². The van der Waals surface area contributed by atoms with Gasteiger partial charge < -0.3 is 24.8 Å². The lowest BCUT2D eigenvalue weighted by atomic mass is 10.0. The number of hydrogen-bond acceptors (Lipinski definition) is 6. The molecule has 8 heteroatoms. The number of fused-ring (bicyclic) bond motifs is 1. The van der Waals surface area contributed by atoms with Crippen LogP contribution in [0.4, 0.5) is 22.2 Å². The number of carbonyl (C=O) groups excluding carboxylic acids is 1. The van der Waals surface area contributed by atoms with Crippen molar-refractivity contribution in [2.45, 2.75) is 52.6 Å². The molecule has 1 aromatic carbocycles. The third kappa shape index (κ3) is 5.21. The molecule has 2 aliphatic heterocycles. The molecule has 8 nitrogen and oxygen atoms in total. The molecule has 2 aromatic rings. The van der Waals surface area contributed by atoms with Gasteiger partial charge in [0.15, 0.2) is 0 Å². The second-order valence-corrected chi connectivity index (χ2v) is 9.45. The maximum Gasteiger partial charge on any atom is 0.322 e. The summed E-state index contributed by atoms with van der Waals surface area (Å²) in [6, 6.07) is 8.28. The van der Waals surface area contributed by atoms with Crippen LogP contribution in [-0.4, -0.2) is 66.8 Å². The molecule has 1 N–H and O–H groups in total. The van der Waals surface area contributed by atoms with Gasteiger partial charge in [-0.3, -0.25) is 0 Å². The summed E-state index contributed by atoms with van der Waals surface area (Å²) in [5.41, 5.74) is 4.15. The molecule has 178 valence electrons. The zero-order valence-electron chi connectivity index (χ0n) is 20.5. The first-order chi connectivity index (χ1) is 15.8. The smallest absolute Gasteiger partial charge is 0.322 e. The number of benzene rings is 1. The van der Waals surface area contributed by atoms with E-state index in [1.807, 2.05) is 17.0 Å². The Morgan fingerprint density at radius 3 is 2.39 bits per heavy atom. The predicted octanol–water partition coefficient (Wildman–Crippen LogP) is 3.87. The lowest BCUT2D eigenvalue weighted by molar-refractivity contribution is 0.122. The van der Waals surface area contributed by atoms with Gasteiger partial charge in [0, 0.05) is 50.4 Å². The van der Waals surface area contributed by atoms with Gasteiger partial charge in [-0.1, -0.05) is 26.0 Å². The van der Waals surface area contributed by atoms with Crippen molar-refractivity contribution in [3.63, 3.8) is 0 Å². The summed E-state index contributed by atoms with van der Waals surface area (Å²) in [5, 5.41) is 3.05. The van der Waals surface area contributed by atoms with E-state index < -0.39 is 0 Å². The van der Waals surface area contributed by atoms with Crippen molar-refractivity contribution < 1.29 is 9.53 Å². The molecule has 4 rings (SSSR count). The van der Waals surface area contributed by atoms with E-state index in [1.54, 1.807) is 0 Å². The third-order valence-corrected chi connectivity index (χ3v) is 6.55. The summed E-state index contributed by atoms with van der Waals surface area (Å²) in [5.74, 6) is 2.14. The molecule has 2 amide bonds. The second-order valence-electron chi connectivity index (χ2n) is 9.45. The molecular formula is C25H36N6O2. The second kappa shape index (κ2) is 9.95. The minimum atomic E-state index is -0.0895. The quantitative estimate of drug-likeness (QED) is 0.742. The third-order valence-electron chi connectivity index (χ3n) is 6.55. The molecule has 3 heterocycles. The Kier molecular flexibility index (Phi) is 7.02. The summed E-state index contributed by atoms with van der Waals surface area (Å²) in [6.07, 6.45) is 0.716. The minimum Gasteiger partial charge on any atom is -0.378 e. The number of ether oxygens (including phenoxy) is 1. The van der Waals surface area contributed by atoms with Gasteiger partial charge in [0.25, 0.3) is 0 Å². The number of amides is 2. The van der Waals surface area contributed by atoms with Gasteiger partial charge in [-0.05, 0) is 37.5 Å². The Bertz CT molecular complexity index is 970. The van der Waals surface area contributed by atoms with Crippen molar-refractivity contribution in [2.24, 2.45) is 0 Å². The van der Waals surface area contributed by atoms with Crippen molar-refractivity contribution in [2.75, 3.05) is 55.0 Å². The molecule has 33 heavy (non-hydrogen) atoms. The highest BCUT2D eigenvalue weighted by Crippen LogP contribution is 2.30. The van der Waals surface area contributed by atoms with Crippen LogP contribution in [0.15, 0.2) is 24.3 Å². The first-order valence-corrected chi connectivity index (χ1v) is 11.9. The summed E-state index contributed by atoms with van der Waals surface area (Å²) >= 11 is 0.